The maximum absolute atomic E-state index is 12.8. The average Bonchev–Trinajstić information content (AvgIpc) is 3.26. The van der Waals surface area contributed by atoms with Gasteiger partial charge in [0.1, 0.15) is 12.0 Å². The molecule has 1 aliphatic rings. The Bertz CT molecular complexity index is 1100. The van der Waals surface area contributed by atoms with Gasteiger partial charge in [0, 0.05) is 50.3 Å². The number of nitro groups is 1. The lowest BCUT2D eigenvalue weighted by atomic mass is 10.1. The molecule has 1 saturated heterocycles. The first-order chi connectivity index (χ1) is 15.4. The molecule has 0 unspecified atom stereocenters. The molecule has 4 rings (SSSR count). The van der Waals surface area contributed by atoms with Crippen LogP contribution >= 0.6 is 11.8 Å². The zero-order chi connectivity index (χ0) is 22.7. The van der Waals surface area contributed by atoms with Gasteiger partial charge in [-0.15, -0.1) is 0 Å². The van der Waals surface area contributed by atoms with E-state index in [4.69, 9.17) is 0 Å². The van der Waals surface area contributed by atoms with E-state index in [1.807, 2.05) is 20.6 Å². The lowest BCUT2D eigenvalue weighted by molar-refractivity contribution is -0.385. The van der Waals surface area contributed by atoms with Gasteiger partial charge in [-0.2, -0.15) is 0 Å². The van der Waals surface area contributed by atoms with Gasteiger partial charge in [-0.05, 0) is 43.2 Å². The molecule has 166 valence electrons. The Hall–Kier alpha value is -3.40. The van der Waals surface area contributed by atoms with Gasteiger partial charge in [-0.3, -0.25) is 19.5 Å². The smallest absolute Gasteiger partial charge is 0.287 e. The number of aryl methyl sites for hydroxylation is 2. The summed E-state index contributed by atoms with van der Waals surface area (Å²) in [6, 6.07) is 9.44. The third kappa shape index (κ3) is 4.91. The van der Waals surface area contributed by atoms with Gasteiger partial charge in [0.2, 0.25) is 5.91 Å². The summed E-state index contributed by atoms with van der Waals surface area (Å²) in [6.07, 6.45) is 4.93. The molecule has 32 heavy (non-hydrogen) atoms. The molecule has 0 bridgehead atoms. The van der Waals surface area contributed by atoms with Crippen LogP contribution in [0.15, 0.2) is 54.1 Å². The van der Waals surface area contributed by atoms with Gasteiger partial charge in [-0.25, -0.2) is 9.97 Å². The first kappa shape index (κ1) is 21.8. The molecule has 0 N–H and O–H groups in total. The molecule has 9 nitrogen and oxygen atoms in total. The summed E-state index contributed by atoms with van der Waals surface area (Å²) in [6.45, 7) is 6.58. The van der Waals surface area contributed by atoms with E-state index in [1.165, 1.54) is 35.2 Å². The zero-order valence-corrected chi connectivity index (χ0v) is 18.8. The largest absolute Gasteiger partial charge is 0.353 e. The fourth-order valence-electron chi connectivity index (χ4n) is 3.76. The van der Waals surface area contributed by atoms with Crippen LogP contribution in [0.2, 0.25) is 0 Å². The second-order valence-corrected chi connectivity index (χ2v) is 8.66. The van der Waals surface area contributed by atoms with Crippen LogP contribution in [-0.2, 0) is 4.79 Å². The Morgan fingerprint density at radius 3 is 2.44 bits per heavy atom. The third-order valence-electron chi connectivity index (χ3n) is 5.32. The molecule has 3 heterocycles. The lowest BCUT2D eigenvalue weighted by Crippen LogP contribution is -2.49. The van der Waals surface area contributed by atoms with Crippen molar-refractivity contribution < 1.29 is 9.72 Å². The number of rotatable bonds is 6. The van der Waals surface area contributed by atoms with Gasteiger partial charge in [0.15, 0.2) is 5.16 Å². The molecule has 0 saturated carbocycles. The molecular formula is C22H24N6O3S. The van der Waals surface area contributed by atoms with Gasteiger partial charge in [0.25, 0.3) is 5.69 Å². The van der Waals surface area contributed by atoms with Crippen molar-refractivity contribution in [1.29, 1.82) is 0 Å². The maximum atomic E-state index is 12.8. The number of anilines is 1. The molecule has 0 spiro atoms. The first-order valence-electron chi connectivity index (χ1n) is 10.3. The number of imidazole rings is 1. The number of carbonyl (C=O) groups excluding carboxylic acids is 1. The van der Waals surface area contributed by atoms with Crippen molar-refractivity contribution >= 4 is 29.2 Å². The number of hydrogen-bond acceptors (Lipinski definition) is 7. The highest BCUT2D eigenvalue weighted by Gasteiger charge is 2.23. The van der Waals surface area contributed by atoms with Crippen molar-refractivity contribution in [2.75, 3.05) is 36.8 Å². The monoisotopic (exact) mass is 452 g/mol. The number of aromatic nitrogens is 3. The van der Waals surface area contributed by atoms with Crippen molar-refractivity contribution in [2.45, 2.75) is 19.0 Å². The Kier molecular flexibility index (Phi) is 6.40. The number of pyridine rings is 1. The molecule has 3 aromatic rings. The highest BCUT2D eigenvalue weighted by atomic mass is 32.2. The van der Waals surface area contributed by atoms with E-state index in [0.717, 1.165) is 10.8 Å². The topological polar surface area (TPSA) is 97.4 Å². The molecule has 0 radical (unpaired) electrons. The van der Waals surface area contributed by atoms with E-state index in [2.05, 4.69) is 42.0 Å². The van der Waals surface area contributed by atoms with E-state index in [-0.39, 0.29) is 11.6 Å². The van der Waals surface area contributed by atoms with Crippen LogP contribution < -0.4 is 4.90 Å². The van der Waals surface area contributed by atoms with Crippen LogP contribution in [0.1, 0.15) is 11.1 Å². The Balaban J connectivity index is 1.32. The first-order valence-corrected chi connectivity index (χ1v) is 11.3. The quantitative estimate of drug-likeness (QED) is 0.322. The summed E-state index contributed by atoms with van der Waals surface area (Å²) in [7, 11) is 0. The third-order valence-corrected chi connectivity index (χ3v) is 6.27. The fraction of sp³-hybridized carbons (Fsp3) is 0.318. The van der Waals surface area contributed by atoms with Crippen molar-refractivity contribution in [3.05, 3.63) is 70.2 Å². The number of amides is 1. The van der Waals surface area contributed by atoms with Crippen LogP contribution in [0.3, 0.4) is 0 Å². The molecule has 0 atom stereocenters. The summed E-state index contributed by atoms with van der Waals surface area (Å²) in [4.78, 5) is 35.6. The summed E-state index contributed by atoms with van der Waals surface area (Å²) in [5.41, 5.74) is 3.38. The van der Waals surface area contributed by atoms with Crippen LogP contribution in [0, 0.1) is 24.0 Å². The van der Waals surface area contributed by atoms with Gasteiger partial charge in [-0.1, -0.05) is 17.8 Å². The number of hydrogen-bond donors (Lipinski definition) is 0. The van der Waals surface area contributed by atoms with Gasteiger partial charge < -0.3 is 9.80 Å². The van der Waals surface area contributed by atoms with Crippen LogP contribution in [0.4, 0.5) is 11.5 Å². The molecular weight excluding hydrogens is 428 g/mol. The Morgan fingerprint density at radius 2 is 1.81 bits per heavy atom. The number of piperazine rings is 1. The zero-order valence-electron chi connectivity index (χ0n) is 18.0. The predicted octanol–water partition coefficient (Wildman–Crippen LogP) is 3.23. The number of nitrogens with zero attached hydrogens (tertiary/aromatic N) is 6. The SMILES string of the molecule is Cc1cc(C)cc(-n2ccnc2SCC(=O)N2CCN(c3ccc([N+](=O)[O-])cn3)CC2)c1. The van der Waals surface area contributed by atoms with Crippen molar-refractivity contribution in [2.24, 2.45) is 0 Å². The molecule has 0 aliphatic carbocycles. The Labute approximate surface area is 190 Å². The van der Waals surface area contributed by atoms with E-state index < -0.39 is 4.92 Å². The second-order valence-electron chi connectivity index (χ2n) is 7.71. The molecule has 2 aromatic heterocycles. The van der Waals surface area contributed by atoms with Crippen molar-refractivity contribution in [3.63, 3.8) is 0 Å². The van der Waals surface area contributed by atoms with Crippen molar-refractivity contribution in [1.82, 2.24) is 19.4 Å². The highest BCUT2D eigenvalue weighted by molar-refractivity contribution is 7.99. The summed E-state index contributed by atoms with van der Waals surface area (Å²) in [5, 5.41) is 11.6. The number of thioether (sulfide) groups is 1. The molecule has 1 fully saturated rings. The summed E-state index contributed by atoms with van der Waals surface area (Å²) < 4.78 is 2.01. The summed E-state index contributed by atoms with van der Waals surface area (Å²) in [5.74, 6) is 1.08. The van der Waals surface area contributed by atoms with E-state index in [9.17, 15) is 14.9 Å². The highest BCUT2D eigenvalue weighted by Crippen LogP contribution is 2.23. The minimum atomic E-state index is -0.462. The minimum absolute atomic E-state index is 0.0289. The van der Waals surface area contributed by atoms with Gasteiger partial charge >= 0.3 is 0 Å². The molecule has 1 aliphatic heterocycles. The van der Waals surface area contributed by atoms with Gasteiger partial charge in [0.05, 0.1) is 10.7 Å². The average molecular weight is 453 g/mol. The molecule has 1 aromatic carbocycles. The summed E-state index contributed by atoms with van der Waals surface area (Å²) >= 11 is 1.43. The maximum Gasteiger partial charge on any atom is 0.287 e. The standard InChI is InChI=1S/C22H24N6O3S/c1-16-11-17(2)13-19(12-16)27-6-5-23-22(27)32-15-21(29)26-9-7-25(8-10-26)20-4-3-18(14-24-20)28(30)31/h3-6,11-14H,7-10,15H2,1-2H3. The van der Waals surface area contributed by atoms with Crippen molar-refractivity contribution in [3.8, 4) is 5.69 Å². The number of benzene rings is 1. The number of carbonyl (C=O) groups is 1. The second kappa shape index (κ2) is 9.39. The van der Waals surface area contributed by atoms with Crippen LogP contribution in [0.25, 0.3) is 5.69 Å². The van der Waals surface area contributed by atoms with Crippen LogP contribution in [-0.4, -0.2) is 62.2 Å². The lowest BCUT2D eigenvalue weighted by Gasteiger charge is -2.35. The molecule has 1 amide bonds. The fourth-order valence-corrected chi connectivity index (χ4v) is 4.63. The van der Waals surface area contributed by atoms with Crippen LogP contribution in [0.5, 0.6) is 0 Å². The van der Waals surface area contributed by atoms with E-state index in [0.29, 0.717) is 37.7 Å². The Morgan fingerprint density at radius 1 is 1.09 bits per heavy atom. The normalized spacial score (nSPS) is 13.9. The minimum Gasteiger partial charge on any atom is -0.353 e. The van der Waals surface area contributed by atoms with E-state index >= 15 is 0 Å². The molecule has 10 heteroatoms. The predicted molar refractivity (Wildman–Crippen MR) is 123 cm³/mol. The van der Waals surface area contributed by atoms with E-state index in [1.54, 1.807) is 12.3 Å².